The number of amidine groups is 1. The summed E-state index contributed by atoms with van der Waals surface area (Å²) in [5, 5.41) is 2.93. The number of aliphatic imine (C=N–C) groups is 1. The molecule has 2 fully saturated rings. The van der Waals surface area contributed by atoms with Crippen molar-refractivity contribution in [1.29, 1.82) is 0 Å². The number of methoxy groups -OCH3 is 1. The number of aryl methyl sites for hydroxylation is 1. The van der Waals surface area contributed by atoms with Gasteiger partial charge in [-0.25, -0.2) is 4.99 Å². The molecule has 3 aromatic carbocycles. The lowest BCUT2D eigenvalue weighted by molar-refractivity contribution is -0.124. The average molecular weight is 471 g/mol. The number of amides is 1. The standard InChI is InChI=1S/C29H30N2O2S/c1-3-20-11-7-10-16-25(20)30-29-31(22-12-5-4-6-13-22)28(32)27(34-29)19-21-17-18-26(33-2)24-15-9-8-14-23(21)24/h7-11,14-19,22H,3-6,12-13H2,1-2H3/b27-19+,30-29?. The van der Waals surface area contributed by atoms with Gasteiger partial charge in [-0.2, -0.15) is 0 Å². The molecule has 1 amide bonds. The van der Waals surface area contributed by atoms with Crippen LogP contribution in [-0.2, 0) is 11.2 Å². The van der Waals surface area contributed by atoms with Crippen molar-refractivity contribution >= 4 is 45.4 Å². The Kier molecular flexibility index (Phi) is 6.73. The third-order valence-electron chi connectivity index (χ3n) is 6.79. The van der Waals surface area contributed by atoms with Gasteiger partial charge < -0.3 is 4.74 Å². The van der Waals surface area contributed by atoms with Crippen molar-refractivity contribution in [2.75, 3.05) is 7.11 Å². The summed E-state index contributed by atoms with van der Waals surface area (Å²) >= 11 is 1.50. The number of thioether (sulfide) groups is 1. The molecule has 0 spiro atoms. The van der Waals surface area contributed by atoms with Gasteiger partial charge in [-0.15, -0.1) is 0 Å². The lowest BCUT2D eigenvalue weighted by atomic mass is 9.94. The molecule has 3 aromatic rings. The fourth-order valence-electron chi connectivity index (χ4n) is 4.99. The fourth-order valence-corrected chi connectivity index (χ4v) is 6.03. The van der Waals surface area contributed by atoms with E-state index in [1.807, 2.05) is 41.3 Å². The first-order chi connectivity index (χ1) is 16.7. The Morgan fingerprint density at radius 2 is 1.74 bits per heavy atom. The topological polar surface area (TPSA) is 41.9 Å². The van der Waals surface area contributed by atoms with Crippen LogP contribution in [-0.4, -0.2) is 29.1 Å². The summed E-state index contributed by atoms with van der Waals surface area (Å²) < 4.78 is 5.56. The van der Waals surface area contributed by atoms with Gasteiger partial charge in [-0.05, 0) is 65.7 Å². The van der Waals surface area contributed by atoms with Crippen molar-refractivity contribution in [3.63, 3.8) is 0 Å². The molecule has 0 atom stereocenters. The third kappa shape index (κ3) is 4.37. The molecule has 4 nitrogen and oxygen atoms in total. The number of ether oxygens (including phenoxy) is 1. The highest BCUT2D eigenvalue weighted by molar-refractivity contribution is 8.18. The van der Waals surface area contributed by atoms with Crippen LogP contribution in [0.4, 0.5) is 5.69 Å². The molecule has 0 radical (unpaired) electrons. The van der Waals surface area contributed by atoms with E-state index in [-0.39, 0.29) is 11.9 Å². The Hall–Kier alpha value is -3.05. The van der Waals surface area contributed by atoms with E-state index in [1.165, 1.54) is 36.6 Å². The molecular formula is C29H30N2O2S. The van der Waals surface area contributed by atoms with Gasteiger partial charge in [0, 0.05) is 11.4 Å². The van der Waals surface area contributed by atoms with Crippen molar-refractivity contribution in [1.82, 2.24) is 4.90 Å². The number of rotatable bonds is 5. The second kappa shape index (κ2) is 10.1. The zero-order valence-electron chi connectivity index (χ0n) is 19.8. The molecule has 2 aliphatic rings. The molecule has 0 bridgehead atoms. The van der Waals surface area contributed by atoms with E-state index < -0.39 is 0 Å². The summed E-state index contributed by atoms with van der Waals surface area (Å²) in [4.78, 5) is 21.5. The number of carbonyl (C=O) groups is 1. The lowest BCUT2D eigenvalue weighted by Crippen LogP contribution is -2.40. The SMILES string of the molecule is CCc1ccccc1N=C1S/C(=C/c2ccc(OC)c3ccccc23)C(=O)N1C1CCCCC1. The highest BCUT2D eigenvalue weighted by Crippen LogP contribution is 2.40. The molecule has 0 N–H and O–H groups in total. The number of carbonyl (C=O) groups excluding carboxylic acids is 1. The Labute approximate surface area is 205 Å². The highest BCUT2D eigenvalue weighted by Gasteiger charge is 2.38. The largest absolute Gasteiger partial charge is 0.496 e. The van der Waals surface area contributed by atoms with Crippen LogP contribution in [0.15, 0.2) is 70.6 Å². The molecular weight excluding hydrogens is 440 g/mol. The molecule has 174 valence electrons. The lowest BCUT2D eigenvalue weighted by Gasteiger charge is -2.30. The maximum atomic E-state index is 13.8. The Morgan fingerprint density at radius 1 is 1.00 bits per heavy atom. The van der Waals surface area contributed by atoms with Gasteiger partial charge in [0.05, 0.1) is 17.7 Å². The van der Waals surface area contributed by atoms with E-state index in [2.05, 4.69) is 37.3 Å². The van der Waals surface area contributed by atoms with Gasteiger partial charge >= 0.3 is 0 Å². The summed E-state index contributed by atoms with van der Waals surface area (Å²) in [7, 11) is 1.69. The van der Waals surface area contributed by atoms with E-state index in [4.69, 9.17) is 9.73 Å². The third-order valence-corrected chi connectivity index (χ3v) is 7.77. The molecule has 1 saturated carbocycles. The summed E-state index contributed by atoms with van der Waals surface area (Å²) in [6.07, 6.45) is 8.60. The van der Waals surface area contributed by atoms with Crippen LogP contribution in [0.2, 0.25) is 0 Å². The van der Waals surface area contributed by atoms with Crippen LogP contribution in [0.3, 0.4) is 0 Å². The Morgan fingerprint density at radius 3 is 2.50 bits per heavy atom. The first kappa shape index (κ1) is 22.7. The molecule has 0 unspecified atom stereocenters. The molecule has 1 aliphatic heterocycles. The van der Waals surface area contributed by atoms with Gasteiger partial charge in [0.15, 0.2) is 5.17 Å². The van der Waals surface area contributed by atoms with Crippen molar-refractivity contribution in [2.24, 2.45) is 4.99 Å². The smallest absolute Gasteiger partial charge is 0.267 e. The second-order valence-corrected chi connectivity index (χ2v) is 9.87. The van der Waals surface area contributed by atoms with Crippen LogP contribution in [0, 0.1) is 0 Å². The molecule has 5 rings (SSSR count). The van der Waals surface area contributed by atoms with Crippen molar-refractivity contribution in [3.05, 3.63) is 76.7 Å². The number of hydrogen-bond acceptors (Lipinski definition) is 4. The minimum atomic E-state index is 0.0736. The minimum absolute atomic E-state index is 0.0736. The molecule has 1 aliphatic carbocycles. The van der Waals surface area contributed by atoms with E-state index >= 15 is 0 Å². The Bertz CT molecular complexity index is 1270. The van der Waals surface area contributed by atoms with E-state index in [0.717, 1.165) is 57.1 Å². The van der Waals surface area contributed by atoms with Gasteiger partial charge in [-0.1, -0.05) is 74.7 Å². The van der Waals surface area contributed by atoms with Crippen molar-refractivity contribution in [3.8, 4) is 5.75 Å². The molecule has 34 heavy (non-hydrogen) atoms. The summed E-state index contributed by atoms with van der Waals surface area (Å²) in [5.74, 6) is 0.912. The van der Waals surface area contributed by atoms with Gasteiger partial charge in [-0.3, -0.25) is 9.69 Å². The zero-order valence-corrected chi connectivity index (χ0v) is 20.6. The monoisotopic (exact) mass is 470 g/mol. The predicted octanol–water partition coefficient (Wildman–Crippen LogP) is 7.35. The van der Waals surface area contributed by atoms with Gasteiger partial charge in [0.25, 0.3) is 5.91 Å². The molecule has 5 heteroatoms. The van der Waals surface area contributed by atoms with E-state index in [9.17, 15) is 4.79 Å². The first-order valence-electron chi connectivity index (χ1n) is 12.1. The van der Waals surface area contributed by atoms with Crippen LogP contribution >= 0.6 is 11.8 Å². The molecule has 1 heterocycles. The zero-order chi connectivity index (χ0) is 23.5. The Balaban J connectivity index is 1.58. The number of nitrogens with zero attached hydrogens (tertiary/aromatic N) is 2. The number of para-hydroxylation sites is 1. The molecule has 0 aromatic heterocycles. The van der Waals surface area contributed by atoms with Crippen molar-refractivity contribution < 1.29 is 9.53 Å². The normalized spacial score (nSPS) is 19.5. The van der Waals surface area contributed by atoms with Crippen molar-refractivity contribution in [2.45, 2.75) is 51.5 Å². The molecule has 1 saturated heterocycles. The number of hydrogen-bond donors (Lipinski definition) is 0. The van der Waals surface area contributed by atoms with Gasteiger partial charge in [0.1, 0.15) is 5.75 Å². The highest BCUT2D eigenvalue weighted by atomic mass is 32.2. The minimum Gasteiger partial charge on any atom is -0.496 e. The fraction of sp³-hybridized carbons (Fsp3) is 0.310. The van der Waals surface area contributed by atoms with E-state index in [1.54, 1.807) is 7.11 Å². The number of fused-ring (bicyclic) bond motifs is 1. The van der Waals surface area contributed by atoms with E-state index in [0.29, 0.717) is 0 Å². The average Bonchev–Trinajstić information content (AvgIpc) is 3.19. The van der Waals surface area contributed by atoms with Crippen LogP contribution in [0.5, 0.6) is 5.75 Å². The maximum Gasteiger partial charge on any atom is 0.267 e. The summed E-state index contributed by atoms with van der Waals surface area (Å²) in [6, 6.07) is 20.6. The second-order valence-electron chi connectivity index (χ2n) is 8.86. The summed E-state index contributed by atoms with van der Waals surface area (Å²) in [6.45, 7) is 2.14. The van der Waals surface area contributed by atoms with Crippen LogP contribution < -0.4 is 4.74 Å². The quantitative estimate of drug-likeness (QED) is 0.366. The maximum absolute atomic E-state index is 13.8. The first-order valence-corrected chi connectivity index (χ1v) is 13.0. The van der Waals surface area contributed by atoms with Crippen LogP contribution in [0.1, 0.15) is 50.2 Å². The van der Waals surface area contributed by atoms with Crippen LogP contribution in [0.25, 0.3) is 16.8 Å². The van der Waals surface area contributed by atoms with Gasteiger partial charge in [0.2, 0.25) is 0 Å². The predicted molar refractivity (Wildman–Crippen MR) is 143 cm³/mol. The number of benzene rings is 3. The summed E-state index contributed by atoms with van der Waals surface area (Å²) in [5.41, 5.74) is 3.17.